The van der Waals surface area contributed by atoms with E-state index in [1.165, 1.54) is 92.7 Å². The van der Waals surface area contributed by atoms with Crippen molar-refractivity contribution in [3.8, 4) is 22.3 Å². The van der Waals surface area contributed by atoms with E-state index in [9.17, 15) is 0 Å². The quantitative estimate of drug-likeness (QED) is 0.165. The van der Waals surface area contributed by atoms with Gasteiger partial charge in [-0.1, -0.05) is 149 Å². The fourth-order valence-corrected chi connectivity index (χ4v) is 15.7. The highest BCUT2D eigenvalue weighted by atomic mass is 32.1. The lowest BCUT2D eigenvalue weighted by molar-refractivity contribution is 0.332. The second kappa shape index (κ2) is 15.6. The first-order valence-electron chi connectivity index (χ1n) is 28.2. The number of hydrogen-bond donors (Lipinski definition) is 0. The van der Waals surface area contributed by atoms with E-state index < -0.39 is 0 Å². The van der Waals surface area contributed by atoms with Crippen LogP contribution in [-0.4, -0.2) is 6.85 Å². The maximum atomic E-state index is 7.41. The number of aryl methyl sites for hydroxylation is 1. The lowest BCUT2D eigenvalue weighted by Gasteiger charge is -2.46. The van der Waals surface area contributed by atoms with E-state index in [1.807, 2.05) is 11.3 Å². The summed E-state index contributed by atoms with van der Waals surface area (Å²) in [5.41, 5.74) is 24.2. The Morgan fingerprint density at radius 1 is 0.494 bits per heavy atom. The summed E-state index contributed by atoms with van der Waals surface area (Å²) >= 11 is 1.95. The van der Waals surface area contributed by atoms with Gasteiger partial charge in [-0.15, -0.1) is 11.3 Å². The molecule has 0 saturated heterocycles. The third-order valence-electron chi connectivity index (χ3n) is 19.2. The van der Waals surface area contributed by atoms with Gasteiger partial charge >= 0.3 is 6.85 Å². The van der Waals surface area contributed by atoms with Gasteiger partial charge in [0.2, 0.25) is 0 Å². The van der Waals surface area contributed by atoms with Crippen molar-refractivity contribution in [3.63, 3.8) is 0 Å². The monoisotopic (exact) mass is 1020 g/mol. The lowest BCUT2D eigenvalue weighted by atomic mass is 9.46. The van der Waals surface area contributed by atoms with Crippen molar-refractivity contribution < 1.29 is 8.83 Å². The molecule has 0 unspecified atom stereocenters. The molecule has 2 aliphatic heterocycles. The summed E-state index contributed by atoms with van der Waals surface area (Å²) in [4.78, 5) is 5.35. The summed E-state index contributed by atoms with van der Waals surface area (Å²) < 4.78 is 17.2. The van der Waals surface area contributed by atoms with Gasteiger partial charge in [0, 0.05) is 65.1 Å². The highest BCUT2D eigenvalue weighted by molar-refractivity contribution is 7.32. The number of benzene rings is 8. The van der Waals surface area contributed by atoms with Crippen LogP contribution in [0.1, 0.15) is 135 Å². The third-order valence-corrected chi connectivity index (χ3v) is 20.5. The first-order chi connectivity index (χ1) is 36.7. The van der Waals surface area contributed by atoms with Crippen LogP contribution in [0.3, 0.4) is 0 Å². The van der Waals surface area contributed by atoms with Crippen molar-refractivity contribution in [1.29, 1.82) is 0 Å². The van der Waals surface area contributed by atoms with Gasteiger partial charge in [-0.05, 0) is 176 Å². The van der Waals surface area contributed by atoms with Crippen LogP contribution in [0.4, 0.5) is 28.4 Å². The van der Waals surface area contributed by atoms with E-state index in [0.29, 0.717) is 0 Å². The Kier molecular flexibility index (Phi) is 9.56. The van der Waals surface area contributed by atoms with Crippen molar-refractivity contribution in [2.75, 3.05) is 9.71 Å². The van der Waals surface area contributed by atoms with E-state index in [0.717, 1.165) is 81.2 Å². The number of hydrogen-bond acceptors (Lipinski definition) is 5. The van der Waals surface area contributed by atoms with Crippen LogP contribution in [0, 0.1) is 6.92 Å². The summed E-state index contributed by atoms with van der Waals surface area (Å²) in [7, 11) is 0. The highest BCUT2D eigenvalue weighted by Crippen LogP contribution is 2.57. The highest BCUT2D eigenvalue weighted by Gasteiger charge is 2.50. The number of para-hydroxylation sites is 1. The molecule has 4 aliphatic rings. The maximum Gasteiger partial charge on any atom is 0.343 e. The number of nitrogens with zero attached hydrogens (tertiary/aromatic N) is 2. The normalized spacial score (nSPS) is 17.7. The van der Waals surface area contributed by atoms with Gasteiger partial charge < -0.3 is 18.5 Å². The Labute approximate surface area is 457 Å². The van der Waals surface area contributed by atoms with Gasteiger partial charge in [0.25, 0.3) is 0 Å². The van der Waals surface area contributed by atoms with Crippen molar-refractivity contribution >= 4 is 111 Å². The molecule has 77 heavy (non-hydrogen) atoms. The molecule has 0 radical (unpaired) electrons. The minimum absolute atomic E-state index is 0.00560. The smallest absolute Gasteiger partial charge is 0.343 e. The average Bonchev–Trinajstić information content (AvgIpc) is 4.33. The molecule has 0 amide bonds. The van der Waals surface area contributed by atoms with E-state index in [1.54, 1.807) is 0 Å². The molecule has 0 saturated carbocycles. The van der Waals surface area contributed by atoms with E-state index in [-0.39, 0.29) is 33.9 Å². The van der Waals surface area contributed by atoms with Gasteiger partial charge in [0.15, 0.2) is 5.58 Å². The van der Waals surface area contributed by atoms with Crippen molar-refractivity contribution in [3.05, 3.63) is 173 Å². The molecule has 5 heterocycles. The number of fused-ring (bicyclic) bond motifs is 15. The largest absolute Gasteiger partial charge is 0.456 e. The molecule has 4 nitrogen and oxygen atoms in total. The minimum Gasteiger partial charge on any atom is -0.456 e. The Bertz CT molecular complexity index is 4350. The zero-order chi connectivity index (χ0) is 53.0. The summed E-state index contributed by atoms with van der Waals surface area (Å²) in [6.45, 7) is 28.6. The molecule has 0 spiro atoms. The standard InChI is InChI=1S/C71H67BN2O2S/c1-40-32-52-54(70(9,10)30-28-68(52,5)6)37-56(40)73-63-51-33-42(41-18-14-13-15-19-41)22-27-61(51)77-66(63)72-62-49(35-50-45-20-16-17-21-58(45)76-65(50)64(62)73)46-34-47-48-36-53-55(71(11,12)31-29-69(53,7)8)38-59(48)75-60(47)39-57(46)74(72)44-25-23-43(24-26-44)67(2,3)4/h13-27,32-39H,28-31H2,1-12H3. The lowest BCUT2D eigenvalue weighted by Crippen LogP contribution is -2.60. The van der Waals surface area contributed by atoms with Crippen LogP contribution >= 0.6 is 11.3 Å². The number of furan rings is 2. The second-order valence-electron chi connectivity index (χ2n) is 27.0. The van der Waals surface area contributed by atoms with Gasteiger partial charge in [-0.25, -0.2) is 0 Å². The van der Waals surface area contributed by atoms with Crippen molar-refractivity contribution in [1.82, 2.24) is 0 Å². The van der Waals surface area contributed by atoms with Crippen molar-refractivity contribution in [2.24, 2.45) is 0 Å². The molecule has 0 bridgehead atoms. The molecule has 8 aromatic carbocycles. The summed E-state index contributed by atoms with van der Waals surface area (Å²) in [5.74, 6) is 0. The van der Waals surface area contributed by atoms with Crippen LogP contribution in [0.15, 0.2) is 148 Å². The molecule has 11 aromatic rings. The Balaban J connectivity index is 1.11. The van der Waals surface area contributed by atoms with Gasteiger partial charge in [0.1, 0.15) is 16.7 Å². The van der Waals surface area contributed by atoms with Crippen LogP contribution in [0.2, 0.25) is 0 Å². The fraction of sp³-hybridized carbons (Fsp3) is 0.296. The van der Waals surface area contributed by atoms with E-state index >= 15 is 0 Å². The summed E-state index contributed by atoms with van der Waals surface area (Å²) in [6, 6.07) is 53.6. The average molecular weight is 1020 g/mol. The predicted octanol–water partition coefficient (Wildman–Crippen LogP) is 19.4. The Morgan fingerprint density at radius 3 is 1.81 bits per heavy atom. The molecule has 15 rings (SSSR count). The number of thiophene rings is 1. The molecule has 382 valence electrons. The molecule has 2 aliphatic carbocycles. The first kappa shape index (κ1) is 47.2. The molecule has 0 atom stereocenters. The molecular formula is C71H67BN2O2S. The Morgan fingerprint density at radius 2 is 1.10 bits per heavy atom. The van der Waals surface area contributed by atoms with Gasteiger partial charge in [0.05, 0.1) is 11.4 Å². The van der Waals surface area contributed by atoms with E-state index in [2.05, 4.69) is 232 Å². The molecular weight excluding hydrogens is 956 g/mol. The van der Waals surface area contributed by atoms with Crippen LogP contribution in [0.5, 0.6) is 0 Å². The van der Waals surface area contributed by atoms with Crippen LogP contribution < -0.4 is 20.0 Å². The number of rotatable bonds is 3. The molecule has 0 N–H and O–H groups in total. The van der Waals surface area contributed by atoms with E-state index in [4.69, 9.17) is 8.83 Å². The van der Waals surface area contributed by atoms with Crippen LogP contribution in [-0.2, 0) is 27.1 Å². The topological polar surface area (TPSA) is 32.8 Å². The van der Waals surface area contributed by atoms with Gasteiger partial charge in [-0.2, -0.15) is 0 Å². The zero-order valence-corrected chi connectivity index (χ0v) is 47.6. The van der Waals surface area contributed by atoms with Crippen LogP contribution in [0.25, 0.3) is 76.2 Å². The minimum atomic E-state index is -0.210. The predicted molar refractivity (Wildman–Crippen MR) is 330 cm³/mol. The number of anilines is 5. The zero-order valence-electron chi connectivity index (χ0n) is 46.8. The molecule has 6 heteroatoms. The summed E-state index contributed by atoms with van der Waals surface area (Å²) in [6.07, 6.45) is 4.60. The van der Waals surface area contributed by atoms with Crippen molar-refractivity contribution in [2.45, 2.75) is 136 Å². The third kappa shape index (κ3) is 6.70. The first-order valence-corrected chi connectivity index (χ1v) is 29.0. The molecule has 3 aromatic heterocycles. The summed E-state index contributed by atoms with van der Waals surface area (Å²) in [5, 5.41) is 5.86. The molecule has 0 fully saturated rings. The second-order valence-corrected chi connectivity index (χ2v) is 28.1. The maximum absolute atomic E-state index is 7.41. The van der Waals surface area contributed by atoms with Gasteiger partial charge in [-0.3, -0.25) is 0 Å². The Hall–Kier alpha value is -7.02. The SMILES string of the molecule is Cc1cc2c(cc1N1c3c(sc4ccc(-c5ccccc5)cc34)B3c4c(cc5c(oc6ccccc65)c41)-c1cc4c(cc1N3c1ccc(C(C)(C)C)cc1)oc1cc3c(cc14)C(C)(C)CCC3(C)C)C(C)(C)CCC2(C)C. The fourth-order valence-electron chi connectivity index (χ4n) is 14.4.